The summed E-state index contributed by atoms with van der Waals surface area (Å²) in [4.78, 5) is 12.4. The van der Waals surface area contributed by atoms with Crippen molar-refractivity contribution in [2.45, 2.75) is 110 Å². The van der Waals surface area contributed by atoms with Crippen LogP contribution < -0.4 is 4.74 Å². The molecular formula is C26H46N3O3S+. The summed E-state index contributed by atoms with van der Waals surface area (Å²) in [6.45, 7) is 8.86. The van der Waals surface area contributed by atoms with Gasteiger partial charge in [0.1, 0.15) is 12.2 Å². The minimum Gasteiger partial charge on any atom is -0.475 e. The Balaban J connectivity index is 1.80. The molecular weight excluding hydrogens is 434 g/mol. The molecule has 0 amide bonds. The number of hydrogen-bond acceptors (Lipinski definition) is 6. The Morgan fingerprint density at radius 2 is 1.70 bits per heavy atom. The lowest BCUT2D eigenvalue weighted by Gasteiger charge is -2.41. The van der Waals surface area contributed by atoms with Crippen LogP contribution in [0.1, 0.15) is 110 Å². The van der Waals surface area contributed by atoms with E-state index in [0.717, 1.165) is 50.0 Å². The van der Waals surface area contributed by atoms with Crippen molar-refractivity contribution in [2.24, 2.45) is 0 Å². The SMILES string of the molecule is CCCCCCCCCC(=O)O[C@@H](C)[N+]1(C)CCC=C(c2nsnc2OCCCCCC)C1. The van der Waals surface area contributed by atoms with E-state index in [1.54, 1.807) is 0 Å². The number of esters is 1. The molecule has 0 N–H and O–H groups in total. The highest BCUT2D eigenvalue weighted by molar-refractivity contribution is 6.99. The molecule has 7 heteroatoms. The van der Waals surface area contributed by atoms with Crippen molar-refractivity contribution in [3.63, 3.8) is 0 Å². The Hall–Kier alpha value is -1.47. The molecule has 33 heavy (non-hydrogen) atoms. The minimum atomic E-state index is -0.184. The third-order valence-corrected chi connectivity index (χ3v) is 7.24. The van der Waals surface area contributed by atoms with Crippen LogP contribution in [0.3, 0.4) is 0 Å². The van der Waals surface area contributed by atoms with E-state index >= 15 is 0 Å². The molecule has 2 rings (SSSR count). The van der Waals surface area contributed by atoms with Crippen LogP contribution in [0.25, 0.3) is 5.57 Å². The maximum Gasteiger partial charge on any atom is 0.310 e. The first-order valence-electron chi connectivity index (χ1n) is 13.2. The zero-order chi connectivity index (χ0) is 23.9. The molecule has 188 valence electrons. The maximum atomic E-state index is 12.4. The summed E-state index contributed by atoms with van der Waals surface area (Å²) in [5, 5.41) is 0. The summed E-state index contributed by atoms with van der Waals surface area (Å²) in [6.07, 6.45) is 16.6. The second-order valence-corrected chi connectivity index (χ2v) is 10.2. The molecule has 0 aromatic carbocycles. The van der Waals surface area contributed by atoms with Gasteiger partial charge in [0.25, 0.3) is 5.88 Å². The van der Waals surface area contributed by atoms with Gasteiger partial charge in [0.2, 0.25) is 6.23 Å². The lowest BCUT2D eigenvalue weighted by molar-refractivity contribution is -0.944. The van der Waals surface area contributed by atoms with Gasteiger partial charge in [-0.15, -0.1) is 4.37 Å². The molecule has 1 aliphatic rings. The number of quaternary nitrogens is 1. The Morgan fingerprint density at radius 1 is 1.03 bits per heavy atom. The molecule has 2 atom stereocenters. The summed E-state index contributed by atoms with van der Waals surface area (Å²) in [6, 6.07) is 0. The van der Waals surface area contributed by atoms with Gasteiger partial charge in [-0.3, -0.25) is 9.28 Å². The van der Waals surface area contributed by atoms with Gasteiger partial charge in [-0.1, -0.05) is 77.7 Å². The first-order chi connectivity index (χ1) is 16.0. The highest BCUT2D eigenvalue weighted by Gasteiger charge is 2.36. The molecule has 2 heterocycles. The van der Waals surface area contributed by atoms with E-state index in [4.69, 9.17) is 9.47 Å². The van der Waals surface area contributed by atoms with E-state index in [2.05, 4.69) is 35.7 Å². The average Bonchev–Trinajstić information content (AvgIpc) is 3.27. The molecule has 1 aromatic heterocycles. The second kappa shape index (κ2) is 15.4. The highest BCUT2D eigenvalue weighted by atomic mass is 32.1. The Labute approximate surface area is 205 Å². The molecule has 1 aliphatic heterocycles. The number of carbonyl (C=O) groups excluding carboxylic acids is 1. The van der Waals surface area contributed by atoms with Gasteiger partial charge in [0, 0.05) is 25.3 Å². The number of nitrogens with zero attached hydrogens (tertiary/aromatic N) is 3. The van der Waals surface area contributed by atoms with Crippen LogP contribution in [0.5, 0.6) is 5.88 Å². The lowest BCUT2D eigenvalue weighted by Crippen LogP contribution is -2.55. The number of rotatable bonds is 17. The molecule has 0 aliphatic carbocycles. The number of aromatic nitrogens is 2. The van der Waals surface area contributed by atoms with Gasteiger partial charge in [-0.05, 0) is 12.8 Å². The summed E-state index contributed by atoms with van der Waals surface area (Å²) < 4.78 is 21.4. The molecule has 0 saturated carbocycles. The molecule has 0 radical (unpaired) electrons. The van der Waals surface area contributed by atoms with Crippen molar-refractivity contribution < 1.29 is 18.8 Å². The van der Waals surface area contributed by atoms with Gasteiger partial charge in [0.15, 0.2) is 0 Å². The maximum absolute atomic E-state index is 12.4. The third-order valence-electron chi connectivity index (χ3n) is 6.73. The van der Waals surface area contributed by atoms with E-state index in [1.807, 2.05) is 6.92 Å². The number of likely N-dealkylation sites (N-methyl/N-ethyl adjacent to an activating group) is 1. The topological polar surface area (TPSA) is 61.3 Å². The Bertz CT molecular complexity index is 721. The molecule has 6 nitrogen and oxygen atoms in total. The Morgan fingerprint density at radius 3 is 2.42 bits per heavy atom. The zero-order valence-electron chi connectivity index (χ0n) is 21.4. The number of ether oxygens (including phenoxy) is 2. The van der Waals surface area contributed by atoms with Crippen LogP contribution in [0.15, 0.2) is 6.08 Å². The van der Waals surface area contributed by atoms with E-state index in [1.165, 1.54) is 63.1 Å². The lowest BCUT2D eigenvalue weighted by atomic mass is 10.0. The standard InChI is InChI=1S/C26H46N3O3S/c1-5-7-9-11-12-13-14-18-24(30)32-22(3)29(4)19-16-17-23(21-29)25-26(28-33-27-25)31-20-15-10-8-6-2/h17,22H,5-16,18-21H2,1-4H3/q+1/t22-,29?/m0/s1. The van der Waals surface area contributed by atoms with Crippen molar-refractivity contribution in [3.05, 3.63) is 11.8 Å². The summed E-state index contributed by atoms with van der Waals surface area (Å²) in [5.41, 5.74) is 2.01. The Kier molecular flexibility index (Phi) is 13.0. The van der Waals surface area contributed by atoms with Crippen molar-refractivity contribution in [3.8, 4) is 5.88 Å². The summed E-state index contributed by atoms with van der Waals surface area (Å²) >= 11 is 1.21. The fraction of sp³-hybridized carbons (Fsp3) is 0.808. The molecule has 0 fully saturated rings. The number of unbranched alkanes of at least 4 members (excludes halogenated alkanes) is 9. The largest absolute Gasteiger partial charge is 0.475 e. The number of carbonyl (C=O) groups is 1. The quantitative estimate of drug-likeness (QED) is 0.140. The predicted octanol–water partition coefficient (Wildman–Crippen LogP) is 6.76. The van der Waals surface area contributed by atoms with Crippen LogP contribution in [0, 0.1) is 0 Å². The smallest absolute Gasteiger partial charge is 0.310 e. The average molecular weight is 481 g/mol. The van der Waals surface area contributed by atoms with Crippen molar-refractivity contribution >= 4 is 23.3 Å². The van der Waals surface area contributed by atoms with E-state index in [9.17, 15) is 4.79 Å². The molecule has 1 unspecified atom stereocenters. The van der Waals surface area contributed by atoms with Crippen molar-refractivity contribution in [1.82, 2.24) is 8.75 Å². The molecule has 0 saturated heterocycles. The summed E-state index contributed by atoms with van der Waals surface area (Å²) in [7, 11) is 2.17. The van der Waals surface area contributed by atoms with E-state index in [0.29, 0.717) is 23.4 Å². The fourth-order valence-electron chi connectivity index (χ4n) is 4.32. The normalized spacial score (nSPS) is 19.2. The van der Waals surface area contributed by atoms with Crippen LogP contribution >= 0.6 is 11.7 Å². The van der Waals surface area contributed by atoms with Crippen molar-refractivity contribution in [2.75, 3.05) is 26.7 Å². The van der Waals surface area contributed by atoms with E-state index in [-0.39, 0.29) is 12.2 Å². The van der Waals surface area contributed by atoms with Crippen LogP contribution in [-0.4, -0.2) is 52.2 Å². The number of hydrogen-bond donors (Lipinski definition) is 0. The second-order valence-electron chi connectivity index (χ2n) is 9.67. The first-order valence-corrected chi connectivity index (χ1v) is 13.9. The molecule has 0 bridgehead atoms. The van der Waals surface area contributed by atoms with Gasteiger partial charge in [-0.25, -0.2) is 0 Å². The minimum absolute atomic E-state index is 0.0714. The monoisotopic (exact) mass is 480 g/mol. The van der Waals surface area contributed by atoms with Gasteiger partial charge in [-0.2, -0.15) is 4.37 Å². The molecule has 1 aromatic rings. The van der Waals surface area contributed by atoms with Gasteiger partial charge < -0.3 is 9.47 Å². The van der Waals surface area contributed by atoms with Gasteiger partial charge in [0.05, 0.1) is 31.9 Å². The van der Waals surface area contributed by atoms with Crippen LogP contribution in [0.4, 0.5) is 0 Å². The predicted molar refractivity (Wildman–Crippen MR) is 136 cm³/mol. The van der Waals surface area contributed by atoms with Crippen LogP contribution in [0.2, 0.25) is 0 Å². The van der Waals surface area contributed by atoms with Crippen molar-refractivity contribution in [1.29, 1.82) is 0 Å². The van der Waals surface area contributed by atoms with Gasteiger partial charge >= 0.3 is 5.97 Å². The van der Waals surface area contributed by atoms with Crippen LogP contribution in [-0.2, 0) is 9.53 Å². The highest BCUT2D eigenvalue weighted by Crippen LogP contribution is 2.31. The molecule has 0 spiro atoms. The first kappa shape index (κ1) is 27.8. The van der Waals surface area contributed by atoms with E-state index < -0.39 is 0 Å². The zero-order valence-corrected chi connectivity index (χ0v) is 22.3. The summed E-state index contributed by atoms with van der Waals surface area (Å²) in [5.74, 6) is 0.581. The third kappa shape index (κ3) is 9.73. The fourth-order valence-corrected chi connectivity index (χ4v) is 4.85.